The van der Waals surface area contributed by atoms with E-state index in [4.69, 9.17) is 0 Å². The molecule has 1 aromatic rings. The fraction of sp³-hybridized carbons (Fsp3) is 0.611. The largest absolute Gasteiger partial charge is 0.342 e. The normalized spacial score (nSPS) is 16.3. The molecule has 0 unspecified atom stereocenters. The Morgan fingerprint density at radius 1 is 1.09 bits per heavy atom. The van der Waals surface area contributed by atoms with Gasteiger partial charge in [-0.1, -0.05) is 32.3 Å². The Morgan fingerprint density at radius 2 is 1.65 bits per heavy atom. The van der Waals surface area contributed by atoms with Crippen LogP contribution in [0.2, 0.25) is 0 Å². The highest BCUT2D eigenvalue weighted by molar-refractivity contribution is 5.78. The third-order valence-electron chi connectivity index (χ3n) is 4.46. The summed E-state index contributed by atoms with van der Waals surface area (Å²) in [6.07, 6.45) is 5.67. The Balaban J connectivity index is 1.96. The fourth-order valence-electron chi connectivity index (χ4n) is 2.97. The molecule has 0 saturated carbocycles. The van der Waals surface area contributed by atoms with Crippen molar-refractivity contribution in [1.82, 2.24) is 9.80 Å². The quantitative estimate of drug-likeness (QED) is 0.826. The van der Waals surface area contributed by atoms with Crippen molar-refractivity contribution < 1.29 is 13.6 Å². The first-order valence-electron chi connectivity index (χ1n) is 8.55. The van der Waals surface area contributed by atoms with Crippen molar-refractivity contribution in [2.45, 2.75) is 45.6 Å². The summed E-state index contributed by atoms with van der Waals surface area (Å²) in [5.41, 5.74) is 0.0369. The molecule has 128 valence electrons. The number of amides is 1. The molecule has 0 aliphatic carbocycles. The number of likely N-dealkylation sites (tertiary alicyclic amines) is 1. The van der Waals surface area contributed by atoms with Gasteiger partial charge in [0.25, 0.3) is 0 Å². The lowest BCUT2D eigenvalue weighted by Gasteiger charge is -2.28. The third-order valence-corrected chi connectivity index (χ3v) is 4.46. The second-order valence-corrected chi connectivity index (χ2v) is 6.15. The molecular formula is C18H26F2N2O. The van der Waals surface area contributed by atoms with Crippen LogP contribution in [0.1, 0.15) is 44.6 Å². The highest BCUT2D eigenvalue weighted by Gasteiger charge is 2.19. The minimum Gasteiger partial charge on any atom is -0.342 e. The van der Waals surface area contributed by atoms with Crippen LogP contribution in [-0.2, 0) is 11.3 Å². The summed E-state index contributed by atoms with van der Waals surface area (Å²) < 4.78 is 27.6. The Kier molecular flexibility index (Phi) is 6.96. The number of rotatable bonds is 5. The minimum atomic E-state index is -0.554. The molecule has 1 heterocycles. The van der Waals surface area contributed by atoms with Gasteiger partial charge in [0.2, 0.25) is 5.91 Å². The van der Waals surface area contributed by atoms with E-state index in [0.29, 0.717) is 6.54 Å². The highest BCUT2D eigenvalue weighted by Crippen LogP contribution is 2.15. The van der Waals surface area contributed by atoms with Gasteiger partial charge in [0.05, 0.1) is 6.54 Å². The maximum atomic E-state index is 13.8. The minimum absolute atomic E-state index is 0.0369. The van der Waals surface area contributed by atoms with Crippen molar-refractivity contribution in [3.63, 3.8) is 0 Å². The lowest BCUT2D eigenvalue weighted by Crippen LogP contribution is -2.41. The fourth-order valence-corrected chi connectivity index (χ4v) is 2.97. The standard InChI is InChI=1S/C18H26F2N2O/c1-2-21(13-15-16(19)9-8-10-17(15)20)14-18(23)22-11-6-4-3-5-7-12-22/h8-10H,2-7,11-14H2,1H3. The molecular weight excluding hydrogens is 298 g/mol. The van der Waals surface area contributed by atoms with Crippen LogP contribution < -0.4 is 0 Å². The molecule has 1 aliphatic heterocycles. The van der Waals surface area contributed by atoms with E-state index in [1.807, 2.05) is 11.8 Å². The molecule has 1 aromatic carbocycles. The van der Waals surface area contributed by atoms with Crippen LogP contribution >= 0.6 is 0 Å². The van der Waals surface area contributed by atoms with Crippen LogP contribution in [0.4, 0.5) is 8.78 Å². The van der Waals surface area contributed by atoms with Crippen molar-refractivity contribution >= 4 is 5.91 Å². The molecule has 1 fully saturated rings. The number of nitrogens with zero attached hydrogens (tertiary/aromatic N) is 2. The number of halogens is 2. The summed E-state index contributed by atoms with van der Waals surface area (Å²) in [7, 11) is 0. The lowest BCUT2D eigenvalue weighted by molar-refractivity contribution is -0.132. The van der Waals surface area contributed by atoms with E-state index in [2.05, 4.69) is 0 Å². The summed E-state index contributed by atoms with van der Waals surface area (Å²) in [6.45, 7) is 4.40. The van der Waals surface area contributed by atoms with Gasteiger partial charge < -0.3 is 4.90 Å². The molecule has 1 aliphatic rings. The number of likely N-dealkylation sites (N-methyl/N-ethyl adjacent to an activating group) is 1. The molecule has 0 radical (unpaired) electrons. The maximum Gasteiger partial charge on any atom is 0.236 e. The predicted octanol–water partition coefficient (Wildman–Crippen LogP) is 3.58. The van der Waals surface area contributed by atoms with Gasteiger partial charge in [-0.3, -0.25) is 9.69 Å². The molecule has 0 bridgehead atoms. The van der Waals surface area contributed by atoms with Crippen LogP contribution in [0.15, 0.2) is 18.2 Å². The Bertz CT molecular complexity index is 493. The number of benzene rings is 1. The van der Waals surface area contributed by atoms with E-state index < -0.39 is 11.6 Å². The van der Waals surface area contributed by atoms with Crippen molar-refractivity contribution in [2.24, 2.45) is 0 Å². The molecule has 0 N–H and O–H groups in total. The van der Waals surface area contributed by atoms with Gasteiger partial charge in [0.15, 0.2) is 0 Å². The number of hydrogen-bond acceptors (Lipinski definition) is 2. The second kappa shape index (κ2) is 8.96. The maximum absolute atomic E-state index is 13.8. The molecule has 23 heavy (non-hydrogen) atoms. The van der Waals surface area contributed by atoms with E-state index in [0.717, 1.165) is 25.9 Å². The first kappa shape index (κ1) is 17.9. The lowest BCUT2D eigenvalue weighted by atomic mass is 10.1. The average molecular weight is 324 g/mol. The Hall–Kier alpha value is -1.49. The molecule has 2 rings (SSSR count). The summed E-state index contributed by atoms with van der Waals surface area (Å²) in [6, 6.07) is 3.87. The van der Waals surface area contributed by atoms with Crippen molar-refractivity contribution in [2.75, 3.05) is 26.2 Å². The number of hydrogen-bond donors (Lipinski definition) is 0. The number of carbonyl (C=O) groups excluding carboxylic acids is 1. The van der Waals surface area contributed by atoms with E-state index in [1.165, 1.54) is 37.5 Å². The molecule has 1 saturated heterocycles. The van der Waals surface area contributed by atoms with E-state index in [9.17, 15) is 13.6 Å². The van der Waals surface area contributed by atoms with E-state index in [-0.39, 0.29) is 24.6 Å². The highest BCUT2D eigenvalue weighted by atomic mass is 19.1. The predicted molar refractivity (Wildman–Crippen MR) is 87.0 cm³/mol. The van der Waals surface area contributed by atoms with E-state index in [1.54, 1.807) is 4.90 Å². The molecule has 1 amide bonds. The summed E-state index contributed by atoms with van der Waals surface area (Å²) in [5, 5.41) is 0. The zero-order chi connectivity index (χ0) is 16.7. The molecule has 5 heteroatoms. The van der Waals surface area contributed by atoms with Crippen LogP contribution in [0.5, 0.6) is 0 Å². The van der Waals surface area contributed by atoms with Crippen LogP contribution in [0.25, 0.3) is 0 Å². The van der Waals surface area contributed by atoms with Gasteiger partial charge in [-0.25, -0.2) is 8.78 Å². The Labute approximate surface area is 137 Å². The van der Waals surface area contributed by atoms with Crippen molar-refractivity contribution in [3.05, 3.63) is 35.4 Å². The van der Waals surface area contributed by atoms with Crippen LogP contribution in [0.3, 0.4) is 0 Å². The van der Waals surface area contributed by atoms with Crippen molar-refractivity contribution in [1.29, 1.82) is 0 Å². The van der Waals surface area contributed by atoms with Gasteiger partial charge in [0.1, 0.15) is 11.6 Å². The zero-order valence-electron chi connectivity index (χ0n) is 13.9. The van der Waals surface area contributed by atoms with Crippen LogP contribution in [-0.4, -0.2) is 41.9 Å². The van der Waals surface area contributed by atoms with Gasteiger partial charge in [-0.2, -0.15) is 0 Å². The van der Waals surface area contributed by atoms with Gasteiger partial charge in [-0.05, 0) is 31.5 Å². The second-order valence-electron chi connectivity index (χ2n) is 6.15. The van der Waals surface area contributed by atoms with Gasteiger partial charge in [-0.15, -0.1) is 0 Å². The third kappa shape index (κ3) is 5.27. The SMILES string of the molecule is CCN(CC(=O)N1CCCCCCC1)Cc1c(F)cccc1F. The monoisotopic (exact) mass is 324 g/mol. The molecule has 0 spiro atoms. The zero-order valence-corrected chi connectivity index (χ0v) is 13.9. The molecule has 0 atom stereocenters. The summed E-state index contributed by atoms with van der Waals surface area (Å²) in [4.78, 5) is 16.2. The van der Waals surface area contributed by atoms with Gasteiger partial charge in [0, 0.05) is 25.2 Å². The smallest absolute Gasteiger partial charge is 0.236 e. The molecule has 3 nitrogen and oxygen atoms in total. The van der Waals surface area contributed by atoms with Crippen molar-refractivity contribution in [3.8, 4) is 0 Å². The van der Waals surface area contributed by atoms with E-state index >= 15 is 0 Å². The topological polar surface area (TPSA) is 23.6 Å². The van der Waals surface area contributed by atoms with Gasteiger partial charge >= 0.3 is 0 Å². The Morgan fingerprint density at radius 3 is 2.22 bits per heavy atom. The number of carbonyl (C=O) groups is 1. The summed E-state index contributed by atoms with van der Waals surface area (Å²) >= 11 is 0. The average Bonchev–Trinajstić information content (AvgIpc) is 2.49. The molecule has 0 aromatic heterocycles. The van der Waals surface area contributed by atoms with Crippen LogP contribution in [0, 0.1) is 11.6 Å². The first-order chi connectivity index (χ1) is 11.1. The first-order valence-corrected chi connectivity index (χ1v) is 8.55. The summed E-state index contributed by atoms with van der Waals surface area (Å²) in [5.74, 6) is -1.05.